The van der Waals surface area contributed by atoms with Crippen LogP contribution in [0.15, 0.2) is 35.0 Å². The lowest BCUT2D eigenvalue weighted by atomic mass is 10.2. The summed E-state index contributed by atoms with van der Waals surface area (Å²) in [6.07, 6.45) is 2.17. The second-order valence-corrected chi connectivity index (χ2v) is 4.81. The molecule has 0 atom stereocenters. The summed E-state index contributed by atoms with van der Waals surface area (Å²) in [4.78, 5) is 4.27. The van der Waals surface area contributed by atoms with Gasteiger partial charge in [-0.05, 0) is 18.2 Å². The summed E-state index contributed by atoms with van der Waals surface area (Å²) in [6, 6.07) is 8.40. The fourth-order valence-electron chi connectivity index (χ4n) is 2.41. The van der Waals surface area contributed by atoms with Crippen LogP contribution in [0.5, 0.6) is 0 Å². The Kier molecular flexibility index (Phi) is 3.52. The zero-order valence-electron chi connectivity index (χ0n) is 11.8. The molecular weight excluding hydrogens is 252 g/mol. The number of para-hydroxylation sites is 1. The van der Waals surface area contributed by atoms with Crippen LogP contribution < -0.4 is 5.32 Å². The van der Waals surface area contributed by atoms with E-state index in [-0.39, 0.29) is 0 Å². The Morgan fingerprint density at radius 1 is 1.30 bits per heavy atom. The van der Waals surface area contributed by atoms with Crippen LogP contribution in [0.1, 0.15) is 24.2 Å². The van der Waals surface area contributed by atoms with Crippen molar-refractivity contribution in [3.8, 4) is 0 Å². The monoisotopic (exact) mass is 270 g/mol. The number of nitrogens with one attached hydrogen (secondary N) is 1. The van der Waals surface area contributed by atoms with Crippen LogP contribution in [-0.4, -0.2) is 21.3 Å². The molecule has 0 aliphatic rings. The second kappa shape index (κ2) is 5.46. The summed E-state index contributed by atoms with van der Waals surface area (Å²) in [5.41, 5.74) is 2.49. The fraction of sp³-hybridized carbons (Fsp3) is 0.333. The van der Waals surface area contributed by atoms with E-state index in [1.807, 2.05) is 0 Å². The van der Waals surface area contributed by atoms with Crippen LogP contribution in [0.25, 0.3) is 10.9 Å². The molecular formula is C15H18N4O. The molecule has 2 heterocycles. The van der Waals surface area contributed by atoms with Crippen LogP contribution in [-0.2, 0) is 13.1 Å². The van der Waals surface area contributed by atoms with Gasteiger partial charge in [0.1, 0.15) is 0 Å². The van der Waals surface area contributed by atoms with E-state index in [0.717, 1.165) is 13.1 Å². The topological polar surface area (TPSA) is 55.9 Å². The van der Waals surface area contributed by atoms with Gasteiger partial charge in [-0.25, -0.2) is 0 Å². The Hall–Kier alpha value is -2.14. The lowest BCUT2D eigenvalue weighted by molar-refractivity contribution is 0.386. The van der Waals surface area contributed by atoms with Gasteiger partial charge in [0.15, 0.2) is 5.82 Å². The van der Waals surface area contributed by atoms with E-state index in [1.165, 1.54) is 16.5 Å². The molecule has 104 valence electrons. The lowest BCUT2D eigenvalue weighted by Gasteiger charge is -2.00. The van der Waals surface area contributed by atoms with Crippen molar-refractivity contribution in [3.05, 3.63) is 47.7 Å². The van der Waals surface area contributed by atoms with Crippen molar-refractivity contribution in [3.63, 3.8) is 0 Å². The van der Waals surface area contributed by atoms with E-state index >= 15 is 0 Å². The first-order valence-corrected chi connectivity index (χ1v) is 6.84. The highest BCUT2D eigenvalue weighted by atomic mass is 16.5. The normalized spacial score (nSPS) is 11.3. The van der Waals surface area contributed by atoms with Gasteiger partial charge in [-0.2, -0.15) is 4.98 Å². The number of hydrogen-bond acceptors (Lipinski definition) is 4. The maximum absolute atomic E-state index is 5.03. The Bertz CT molecular complexity index is 714. The highest BCUT2D eigenvalue weighted by Gasteiger charge is 2.10. The highest BCUT2D eigenvalue weighted by molar-refractivity contribution is 5.84. The number of hydrogen-bond donors (Lipinski definition) is 1. The quantitative estimate of drug-likeness (QED) is 0.774. The van der Waals surface area contributed by atoms with Crippen molar-refractivity contribution in [1.82, 2.24) is 20.0 Å². The van der Waals surface area contributed by atoms with Crippen molar-refractivity contribution in [1.29, 1.82) is 0 Å². The number of rotatable bonds is 5. The highest BCUT2D eigenvalue weighted by Crippen LogP contribution is 2.22. The molecule has 0 unspecified atom stereocenters. The van der Waals surface area contributed by atoms with E-state index in [9.17, 15) is 0 Å². The molecule has 0 saturated heterocycles. The molecule has 3 rings (SSSR count). The fourth-order valence-corrected chi connectivity index (χ4v) is 2.41. The van der Waals surface area contributed by atoms with Gasteiger partial charge in [0.05, 0.1) is 6.54 Å². The van der Waals surface area contributed by atoms with Crippen LogP contribution in [0.3, 0.4) is 0 Å². The van der Waals surface area contributed by atoms with Crippen LogP contribution in [0, 0.1) is 6.92 Å². The lowest BCUT2D eigenvalue weighted by Crippen LogP contribution is -2.11. The van der Waals surface area contributed by atoms with Crippen LogP contribution in [0.4, 0.5) is 0 Å². The third kappa shape index (κ3) is 2.44. The van der Waals surface area contributed by atoms with Gasteiger partial charge in [0, 0.05) is 30.6 Å². The first-order chi connectivity index (χ1) is 9.78. The van der Waals surface area contributed by atoms with E-state index in [2.05, 4.69) is 57.4 Å². The molecule has 5 heteroatoms. The molecule has 0 amide bonds. The molecule has 0 fully saturated rings. The average molecular weight is 270 g/mol. The number of aryl methyl sites for hydroxylation is 1. The van der Waals surface area contributed by atoms with Crippen molar-refractivity contribution >= 4 is 10.9 Å². The minimum atomic E-state index is 0.601. The number of fused-ring (bicyclic) bond motifs is 1. The van der Waals surface area contributed by atoms with Gasteiger partial charge in [-0.3, -0.25) is 0 Å². The molecule has 0 spiro atoms. The second-order valence-electron chi connectivity index (χ2n) is 4.81. The van der Waals surface area contributed by atoms with Crippen LogP contribution >= 0.6 is 0 Å². The standard InChI is InChI=1S/C15H18N4O/c1-3-16-8-12-9-19(10-15-17-11(2)20-18-15)14-7-5-4-6-13(12)14/h4-7,9,16H,3,8,10H2,1-2H3. The molecule has 0 radical (unpaired) electrons. The molecule has 3 aromatic rings. The van der Waals surface area contributed by atoms with Crippen molar-refractivity contribution in [2.24, 2.45) is 0 Å². The first-order valence-electron chi connectivity index (χ1n) is 6.84. The van der Waals surface area contributed by atoms with E-state index in [4.69, 9.17) is 4.52 Å². The smallest absolute Gasteiger partial charge is 0.223 e. The van der Waals surface area contributed by atoms with E-state index < -0.39 is 0 Å². The van der Waals surface area contributed by atoms with Gasteiger partial charge in [-0.1, -0.05) is 30.3 Å². The third-order valence-electron chi connectivity index (χ3n) is 3.32. The Labute approximate surface area is 117 Å². The number of aromatic nitrogens is 3. The number of nitrogens with zero attached hydrogens (tertiary/aromatic N) is 3. The Morgan fingerprint density at radius 3 is 2.90 bits per heavy atom. The molecule has 5 nitrogen and oxygen atoms in total. The summed E-state index contributed by atoms with van der Waals surface area (Å²) >= 11 is 0. The first kappa shape index (κ1) is 12.9. The predicted molar refractivity (Wildman–Crippen MR) is 77.5 cm³/mol. The molecule has 1 aromatic carbocycles. The molecule has 0 aliphatic heterocycles. The minimum absolute atomic E-state index is 0.601. The van der Waals surface area contributed by atoms with Crippen molar-refractivity contribution in [2.75, 3.05) is 6.54 Å². The van der Waals surface area contributed by atoms with Crippen molar-refractivity contribution in [2.45, 2.75) is 26.9 Å². The summed E-state index contributed by atoms with van der Waals surface area (Å²) in [6.45, 7) is 6.38. The van der Waals surface area contributed by atoms with Gasteiger partial charge in [-0.15, -0.1) is 0 Å². The summed E-state index contributed by atoms with van der Waals surface area (Å²) in [5.74, 6) is 1.31. The molecule has 0 saturated carbocycles. The SMILES string of the molecule is CCNCc1cn(Cc2noc(C)n2)c2ccccc12. The van der Waals surface area contributed by atoms with E-state index in [1.54, 1.807) is 6.92 Å². The minimum Gasteiger partial charge on any atom is -0.340 e. The molecule has 0 bridgehead atoms. The van der Waals surface area contributed by atoms with Gasteiger partial charge in [0.2, 0.25) is 5.89 Å². The zero-order chi connectivity index (χ0) is 13.9. The molecule has 2 aromatic heterocycles. The van der Waals surface area contributed by atoms with Crippen LogP contribution in [0.2, 0.25) is 0 Å². The Balaban J connectivity index is 1.97. The van der Waals surface area contributed by atoms with Crippen molar-refractivity contribution < 1.29 is 4.52 Å². The average Bonchev–Trinajstić information content (AvgIpc) is 3.02. The van der Waals surface area contributed by atoms with E-state index in [0.29, 0.717) is 18.3 Å². The van der Waals surface area contributed by atoms with Gasteiger partial charge in [0.25, 0.3) is 0 Å². The zero-order valence-corrected chi connectivity index (χ0v) is 11.8. The molecule has 20 heavy (non-hydrogen) atoms. The Morgan fingerprint density at radius 2 is 2.15 bits per heavy atom. The predicted octanol–water partition coefficient (Wildman–Crippen LogP) is 2.49. The maximum atomic E-state index is 5.03. The number of benzene rings is 1. The summed E-state index contributed by atoms with van der Waals surface area (Å²) in [5, 5.41) is 8.61. The molecule has 0 aliphatic carbocycles. The maximum Gasteiger partial charge on any atom is 0.223 e. The summed E-state index contributed by atoms with van der Waals surface area (Å²) in [7, 11) is 0. The third-order valence-corrected chi connectivity index (χ3v) is 3.32. The largest absolute Gasteiger partial charge is 0.340 e. The molecule has 1 N–H and O–H groups in total. The van der Waals surface area contributed by atoms with Gasteiger partial charge >= 0.3 is 0 Å². The van der Waals surface area contributed by atoms with Gasteiger partial charge < -0.3 is 14.4 Å². The summed E-state index contributed by atoms with van der Waals surface area (Å²) < 4.78 is 7.21.